The molecule has 1 atom stereocenters. The molecular weight excluding hydrogens is 304 g/mol. The molecule has 1 aliphatic rings. The van der Waals surface area contributed by atoms with Crippen LogP contribution in [-0.2, 0) is 14.8 Å². The first-order valence-corrected chi connectivity index (χ1v) is 8.29. The average molecular weight is 327 g/mol. The number of sulfonamides is 1. The van der Waals surface area contributed by atoms with Crippen molar-refractivity contribution in [3.63, 3.8) is 0 Å². The summed E-state index contributed by atoms with van der Waals surface area (Å²) in [5, 5.41) is 0. The number of nitrogens with zero attached hydrogens (tertiary/aromatic N) is 2. The first kappa shape index (κ1) is 19.1. The van der Waals surface area contributed by atoms with E-state index in [1.165, 1.54) is 0 Å². The van der Waals surface area contributed by atoms with Gasteiger partial charge in [0.2, 0.25) is 15.9 Å². The number of nitrogens with two attached hydrogens (primary N) is 1. The summed E-state index contributed by atoms with van der Waals surface area (Å²) in [5.74, 6) is 0.00994. The highest BCUT2D eigenvalue weighted by Gasteiger charge is 2.22. The highest BCUT2D eigenvalue weighted by molar-refractivity contribution is 7.89. The minimum absolute atomic E-state index is 0. The molecule has 0 aromatic carbocycles. The fraction of sp³-hybridized carbons (Fsp3) is 0.818. The van der Waals surface area contributed by atoms with Crippen molar-refractivity contribution >= 4 is 34.7 Å². The molecule has 0 radical (unpaired) electrons. The number of hydrogen-bond donors (Lipinski definition) is 2. The summed E-state index contributed by atoms with van der Waals surface area (Å²) in [7, 11) is -3.24. The van der Waals surface area contributed by atoms with E-state index < -0.39 is 16.1 Å². The Hall–Kier alpha value is -0.860. The number of amides is 1. The molecule has 1 amide bonds. The largest absolute Gasteiger partial charge is 0.341 e. The third kappa shape index (κ3) is 7.66. The minimum Gasteiger partial charge on any atom is -0.341 e. The highest BCUT2D eigenvalue weighted by atomic mass is 35.5. The SMILES string of the molecule is CS(=O)(=O)NC=NCCC[C@H](N)C(=O)N1CCCC1.Cl. The number of hydrogen-bond acceptors (Lipinski definition) is 5. The maximum Gasteiger partial charge on any atom is 0.239 e. The van der Waals surface area contributed by atoms with Gasteiger partial charge in [0.25, 0.3) is 0 Å². The lowest BCUT2D eigenvalue weighted by molar-refractivity contribution is -0.131. The second-order valence-corrected chi connectivity index (χ2v) is 6.49. The lowest BCUT2D eigenvalue weighted by atomic mass is 10.1. The maximum absolute atomic E-state index is 11.9. The van der Waals surface area contributed by atoms with Crippen LogP contribution < -0.4 is 10.5 Å². The van der Waals surface area contributed by atoms with Crippen molar-refractivity contribution in [2.45, 2.75) is 31.7 Å². The van der Waals surface area contributed by atoms with Crippen LogP contribution in [0.5, 0.6) is 0 Å². The van der Waals surface area contributed by atoms with Gasteiger partial charge in [0.15, 0.2) is 0 Å². The van der Waals surface area contributed by atoms with Gasteiger partial charge in [-0.05, 0) is 25.7 Å². The first-order chi connectivity index (χ1) is 8.90. The number of halogens is 1. The molecule has 0 aromatic rings. The molecular formula is C11H23ClN4O3S. The van der Waals surface area contributed by atoms with Gasteiger partial charge in [-0.1, -0.05) is 0 Å². The zero-order valence-corrected chi connectivity index (χ0v) is 13.3. The number of nitrogens with one attached hydrogen (secondary N) is 1. The van der Waals surface area contributed by atoms with Crippen molar-refractivity contribution in [3.8, 4) is 0 Å². The maximum atomic E-state index is 11.9. The van der Waals surface area contributed by atoms with Crippen LogP contribution in [0.15, 0.2) is 4.99 Å². The molecule has 1 fully saturated rings. The Balaban J connectivity index is 0.00000361. The van der Waals surface area contributed by atoms with E-state index in [1.54, 1.807) is 4.90 Å². The number of aliphatic imine (C=N–C) groups is 1. The Kier molecular flexibility index (Phi) is 8.75. The van der Waals surface area contributed by atoms with Gasteiger partial charge in [0.1, 0.15) is 0 Å². The lowest BCUT2D eigenvalue weighted by Gasteiger charge is -2.19. The van der Waals surface area contributed by atoms with Gasteiger partial charge in [-0.15, -0.1) is 12.4 Å². The number of carbonyl (C=O) groups is 1. The molecule has 0 bridgehead atoms. The van der Waals surface area contributed by atoms with Crippen LogP contribution in [-0.4, -0.2) is 57.5 Å². The molecule has 0 saturated carbocycles. The Morgan fingerprint density at radius 3 is 2.60 bits per heavy atom. The second kappa shape index (κ2) is 9.15. The van der Waals surface area contributed by atoms with Crippen LogP contribution in [0.4, 0.5) is 0 Å². The molecule has 20 heavy (non-hydrogen) atoms. The number of likely N-dealkylation sites (tertiary alicyclic amines) is 1. The van der Waals surface area contributed by atoms with E-state index in [4.69, 9.17) is 5.73 Å². The van der Waals surface area contributed by atoms with Gasteiger partial charge in [0, 0.05) is 19.6 Å². The van der Waals surface area contributed by atoms with Crippen molar-refractivity contribution in [2.75, 3.05) is 25.9 Å². The second-order valence-electron chi connectivity index (χ2n) is 4.71. The van der Waals surface area contributed by atoms with Crippen LogP contribution >= 0.6 is 12.4 Å². The van der Waals surface area contributed by atoms with Gasteiger partial charge in [-0.25, -0.2) is 8.42 Å². The Morgan fingerprint density at radius 2 is 2.05 bits per heavy atom. The molecule has 9 heteroatoms. The fourth-order valence-corrected chi connectivity index (χ4v) is 2.16. The van der Waals surface area contributed by atoms with Crippen LogP contribution in [0.1, 0.15) is 25.7 Å². The molecule has 1 rings (SSSR count). The minimum atomic E-state index is -3.24. The van der Waals surface area contributed by atoms with Gasteiger partial charge in [-0.2, -0.15) is 0 Å². The zero-order valence-electron chi connectivity index (χ0n) is 11.6. The normalized spacial score (nSPS) is 17.0. The lowest BCUT2D eigenvalue weighted by Crippen LogP contribution is -2.42. The predicted molar refractivity (Wildman–Crippen MR) is 81.6 cm³/mol. The van der Waals surface area contributed by atoms with Crippen molar-refractivity contribution < 1.29 is 13.2 Å². The molecule has 1 saturated heterocycles. The first-order valence-electron chi connectivity index (χ1n) is 6.40. The van der Waals surface area contributed by atoms with Crippen LogP contribution in [0.25, 0.3) is 0 Å². The molecule has 118 valence electrons. The smallest absolute Gasteiger partial charge is 0.239 e. The molecule has 1 heterocycles. The molecule has 1 aliphatic heterocycles. The van der Waals surface area contributed by atoms with Gasteiger partial charge in [-0.3, -0.25) is 14.5 Å². The summed E-state index contributed by atoms with van der Waals surface area (Å²) in [6.07, 6.45) is 5.54. The monoisotopic (exact) mass is 326 g/mol. The zero-order chi connectivity index (χ0) is 14.3. The summed E-state index contributed by atoms with van der Waals surface area (Å²) in [6.45, 7) is 2.06. The van der Waals surface area contributed by atoms with Crippen LogP contribution in [0.2, 0.25) is 0 Å². The van der Waals surface area contributed by atoms with Crippen LogP contribution in [0, 0.1) is 0 Å². The van der Waals surface area contributed by atoms with Crippen molar-refractivity contribution in [1.29, 1.82) is 0 Å². The van der Waals surface area contributed by atoms with Gasteiger partial charge < -0.3 is 10.6 Å². The third-order valence-corrected chi connectivity index (χ3v) is 3.43. The standard InChI is InChI=1S/C11H22N4O3S.ClH/c1-19(17,18)14-9-13-6-4-5-10(12)11(16)15-7-2-3-8-15;/h9-10H,2-8,12H2,1H3,(H,13,14);1H/t10-;/m0./s1. The summed E-state index contributed by atoms with van der Waals surface area (Å²) in [6, 6.07) is -0.476. The quantitative estimate of drug-likeness (QED) is 0.381. The summed E-state index contributed by atoms with van der Waals surface area (Å²) < 4.78 is 23.6. The fourth-order valence-electron chi connectivity index (χ4n) is 1.90. The van der Waals surface area contributed by atoms with Crippen LogP contribution in [0.3, 0.4) is 0 Å². The van der Waals surface area contributed by atoms with E-state index in [9.17, 15) is 13.2 Å². The number of carbonyl (C=O) groups excluding carboxylic acids is 1. The molecule has 7 nitrogen and oxygen atoms in total. The molecule has 0 spiro atoms. The Labute approximate surface area is 126 Å². The molecule has 0 unspecified atom stereocenters. The van der Waals surface area contributed by atoms with E-state index in [-0.39, 0.29) is 18.3 Å². The molecule has 3 N–H and O–H groups in total. The summed E-state index contributed by atoms with van der Waals surface area (Å²) >= 11 is 0. The highest BCUT2D eigenvalue weighted by Crippen LogP contribution is 2.10. The average Bonchev–Trinajstić information content (AvgIpc) is 2.84. The molecule has 0 aliphatic carbocycles. The van der Waals surface area contributed by atoms with Crippen molar-refractivity contribution in [1.82, 2.24) is 9.62 Å². The Morgan fingerprint density at radius 1 is 1.45 bits per heavy atom. The van der Waals surface area contributed by atoms with E-state index in [2.05, 4.69) is 9.71 Å². The van der Waals surface area contributed by atoms with E-state index in [1.807, 2.05) is 0 Å². The topological polar surface area (TPSA) is 105 Å². The third-order valence-electron chi connectivity index (χ3n) is 2.90. The van der Waals surface area contributed by atoms with E-state index >= 15 is 0 Å². The van der Waals surface area contributed by atoms with Crippen molar-refractivity contribution in [3.05, 3.63) is 0 Å². The summed E-state index contributed by atoms with van der Waals surface area (Å²) in [4.78, 5) is 17.6. The summed E-state index contributed by atoms with van der Waals surface area (Å²) in [5.41, 5.74) is 5.83. The Bertz CT molecular complexity index is 421. The van der Waals surface area contributed by atoms with Gasteiger partial charge >= 0.3 is 0 Å². The van der Waals surface area contributed by atoms with Gasteiger partial charge in [0.05, 0.1) is 18.6 Å². The van der Waals surface area contributed by atoms with E-state index in [0.29, 0.717) is 19.4 Å². The molecule has 0 aromatic heterocycles. The predicted octanol–water partition coefficient (Wildman–Crippen LogP) is -0.284. The van der Waals surface area contributed by atoms with Crippen molar-refractivity contribution in [2.24, 2.45) is 10.7 Å². The number of rotatable bonds is 7. The van der Waals surface area contributed by atoms with E-state index in [0.717, 1.165) is 38.5 Å².